The maximum absolute atomic E-state index is 13.2. The Hall–Kier alpha value is -0.490. The number of ether oxygens (including phenoxy) is 1. The van der Waals surface area contributed by atoms with Crippen LogP contribution >= 0.6 is 15.9 Å². The SMILES string of the molecule is COCCN(C(C)C)C(CN)c1ccc(F)cc1Br. The van der Waals surface area contributed by atoms with Crippen LogP contribution in [-0.4, -0.2) is 37.7 Å². The lowest BCUT2D eigenvalue weighted by atomic mass is 10.0. The van der Waals surface area contributed by atoms with E-state index in [2.05, 4.69) is 34.7 Å². The molecule has 0 heterocycles. The fourth-order valence-electron chi connectivity index (χ4n) is 2.18. The van der Waals surface area contributed by atoms with Gasteiger partial charge in [0.1, 0.15) is 5.82 Å². The van der Waals surface area contributed by atoms with Gasteiger partial charge in [-0.1, -0.05) is 22.0 Å². The predicted octanol–water partition coefficient (Wildman–Crippen LogP) is 2.94. The molecular weight excluding hydrogens is 311 g/mol. The van der Waals surface area contributed by atoms with Gasteiger partial charge in [-0.3, -0.25) is 4.90 Å². The molecule has 0 aliphatic carbocycles. The molecule has 0 radical (unpaired) electrons. The molecule has 0 aliphatic heterocycles. The lowest BCUT2D eigenvalue weighted by Gasteiger charge is -2.35. The highest BCUT2D eigenvalue weighted by atomic mass is 79.9. The molecular formula is C14H22BrFN2O. The highest BCUT2D eigenvalue weighted by molar-refractivity contribution is 9.10. The lowest BCUT2D eigenvalue weighted by Crippen LogP contribution is -2.40. The summed E-state index contributed by atoms with van der Waals surface area (Å²) in [6.07, 6.45) is 0. The summed E-state index contributed by atoms with van der Waals surface area (Å²) < 4.78 is 19.1. The van der Waals surface area contributed by atoms with Gasteiger partial charge in [-0.25, -0.2) is 4.39 Å². The van der Waals surface area contributed by atoms with Crippen molar-refractivity contribution in [3.63, 3.8) is 0 Å². The summed E-state index contributed by atoms with van der Waals surface area (Å²) in [5.41, 5.74) is 6.93. The zero-order chi connectivity index (χ0) is 14.4. The normalized spacial score (nSPS) is 13.3. The maximum atomic E-state index is 13.2. The maximum Gasteiger partial charge on any atom is 0.124 e. The third-order valence-corrected chi connectivity index (χ3v) is 3.85. The molecule has 0 saturated heterocycles. The molecule has 0 amide bonds. The third-order valence-electron chi connectivity index (χ3n) is 3.16. The molecule has 1 rings (SSSR count). The molecule has 0 fully saturated rings. The number of hydrogen-bond acceptors (Lipinski definition) is 3. The van der Waals surface area contributed by atoms with Crippen molar-refractivity contribution in [3.05, 3.63) is 34.1 Å². The number of hydrogen-bond donors (Lipinski definition) is 1. The van der Waals surface area contributed by atoms with Crippen LogP contribution in [0.3, 0.4) is 0 Å². The summed E-state index contributed by atoms with van der Waals surface area (Å²) in [4.78, 5) is 2.27. The Morgan fingerprint density at radius 1 is 1.42 bits per heavy atom. The molecule has 3 nitrogen and oxygen atoms in total. The molecule has 0 aliphatic rings. The minimum Gasteiger partial charge on any atom is -0.383 e. The van der Waals surface area contributed by atoms with Gasteiger partial charge in [0.2, 0.25) is 0 Å². The van der Waals surface area contributed by atoms with E-state index in [1.54, 1.807) is 13.2 Å². The van der Waals surface area contributed by atoms with Crippen LogP contribution in [0.25, 0.3) is 0 Å². The Morgan fingerprint density at radius 2 is 2.11 bits per heavy atom. The molecule has 1 atom stereocenters. The molecule has 0 spiro atoms. The van der Waals surface area contributed by atoms with E-state index in [0.29, 0.717) is 19.2 Å². The van der Waals surface area contributed by atoms with Gasteiger partial charge in [-0.05, 0) is 31.5 Å². The van der Waals surface area contributed by atoms with Gasteiger partial charge in [0, 0.05) is 36.8 Å². The molecule has 1 aromatic carbocycles. The monoisotopic (exact) mass is 332 g/mol. The van der Waals surface area contributed by atoms with Crippen LogP contribution < -0.4 is 5.73 Å². The quantitative estimate of drug-likeness (QED) is 0.834. The minimum absolute atomic E-state index is 0.0464. The third kappa shape index (κ3) is 4.53. The van der Waals surface area contributed by atoms with Crippen LogP contribution in [0.15, 0.2) is 22.7 Å². The Bertz CT molecular complexity index is 401. The van der Waals surface area contributed by atoms with Crippen LogP contribution in [0.2, 0.25) is 0 Å². The fraction of sp³-hybridized carbons (Fsp3) is 0.571. The molecule has 0 saturated carbocycles. The van der Waals surface area contributed by atoms with Crippen molar-refractivity contribution in [1.29, 1.82) is 0 Å². The van der Waals surface area contributed by atoms with Crippen LogP contribution in [0.5, 0.6) is 0 Å². The summed E-state index contributed by atoms with van der Waals surface area (Å²) in [5, 5.41) is 0. The zero-order valence-corrected chi connectivity index (χ0v) is 13.3. The predicted molar refractivity (Wildman–Crippen MR) is 79.6 cm³/mol. The molecule has 0 bridgehead atoms. The van der Waals surface area contributed by atoms with Crippen LogP contribution in [0, 0.1) is 5.82 Å². The average Bonchev–Trinajstić information content (AvgIpc) is 2.35. The summed E-state index contributed by atoms with van der Waals surface area (Å²) in [5.74, 6) is -0.251. The van der Waals surface area contributed by atoms with Gasteiger partial charge in [0.25, 0.3) is 0 Å². The van der Waals surface area contributed by atoms with Crippen molar-refractivity contribution < 1.29 is 9.13 Å². The molecule has 1 unspecified atom stereocenters. The molecule has 2 N–H and O–H groups in total. The molecule has 1 aromatic rings. The molecule has 5 heteroatoms. The number of rotatable bonds is 7. The van der Waals surface area contributed by atoms with Gasteiger partial charge in [-0.15, -0.1) is 0 Å². The van der Waals surface area contributed by atoms with Crippen molar-refractivity contribution in [2.24, 2.45) is 5.73 Å². The van der Waals surface area contributed by atoms with E-state index in [1.807, 2.05) is 0 Å². The zero-order valence-electron chi connectivity index (χ0n) is 11.7. The smallest absolute Gasteiger partial charge is 0.124 e. The summed E-state index contributed by atoms with van der Waals surface area (Å²) in [6, 6.07) is 5.12. The Morgan fingerprint density at radius 3 is 2.58 bits per heavy atom. The van der Waals surface area contributed by atoms with E-state index >= 15 is 0 Å². The van der Waals surface area contributed by atoms with Crippen molar-refractivity contribution in [3.8, 4) is 0 Å². The number of benzene rings is 1. The highest BCUT2D eigenvalue weighted by Gasteiger charge is 2.23. The Kier molecular flexibility index (Phi) is 6.93. The van der Waals surface area contributed by atoms with E-state index in [-0.39, 0.29) is 11.9 Å². The summed E-state index contributed by atoms with van der Waals surface area (Å²) in [7, 11) is 1.68. The topological polar surface area (TPSA) is 38.5 Å². The van der Waals surface area contributed by atoms with E-state index in [4.69, 9.17) is 10.5 Å². The summed E-state index contributed by atoms with van der Waals surface area (Å²) >= 11 is 3.42. The van der Waals surface area contributed by atoms with Gasteiger partial charge < -0.3 is 10.5 Å². The van der Waals surface area contributed by atoms with Gasteiger partial charge in [0.05, 0.1) is 6.61 Å². The first-order chi connectivity index (χ1) is 9.01. The first-order valence-electron chi connectivity index (χ1n) is 6.41. The minimum atomic E-state index is -0.251. The van der Waals surface area contributed by atoms with Gasteiger partial charge in [-0.2, -0.15) is 0 Å². The first kappa shape index (κ1) is 16.6. The Balaban J connectivity index is 3.01. The number of nitrogens with two attached hydrogens (primary N) is 1. The Labute approximate surface area is 123 Å². The second-order valence-electron chi connectivity index (χ2n) is 4.74. The number of nitrogens with zero attached hydrogens (tertiary/aromatic N) is 1. The van der Waals surface area contributed by atoms with Crippen LogP contribution in [-0.2, 0) is 4.74 Å². The summed E-state index contributed by atoms with van der Waals surface area (Å²) in [6.45, 7) is 6.16. The van der Waals surface area contributed by atoms with Gasteiger partial charge >= 0.3 is 0 Å². The highest BCUT2D eigenvalue weighted by Crippen LogP contribution is 2.29. The lowest BCUT2D eigenvalue weighted by molar-refractivity contribution is 0.0977. The number of methoxy groups -OCH3 is 1. The molecule has 19 heavy (non-hydrogen) atoms. The van der Waals surface area contributed by atoms with Crippen molar-refractivity contribution in [1.82, 2.24) is 4.90 Å². The molecule has 108 valence electrons. The van der Waals surface area contributed by atoms with E-state index < -0.39 is 0 Å². The number of halogens is 2. The molecule has 0 aromatic heterocycles. The standard InChI is InChI=1S/C14H22BrFN2O/c1-10(2)18(6-7-19-3)14(9-17)12-5-4-11(16)8-13(12)15/h4-5,8,10,14H,6-7,9,17H2,1-3H3. The first-order valence-corrected chi connectivity index (χ1v) is 7.20. The largest absolute Gasteiger partial charge is 0.383 e. The van der Waals surface area contributed by atoms with Crippen LogP contribution in [0.4, 0.5) is 4.39 Å². The average molecular weight is 333 g/mol. The van der Waals surface area contributed by atoms with E-state index in [9.17, 15) is 4.39 Å². The van der Waals surface area contributed by atoms with Crippen molar-refractivity contribution >= 4 is 15.9 Å². The van der Waals surface area contributed by atoms with Gasteiger partial charge in [0.15, 0.2) is 0 Å². The second-order valence-corrected chi connectivity index (χ2v) is 5.60. The fourth-order valence-corrected chi connectivity index (χ4v) is 2.80. The van der Waals surface area contributed by atoms with Crippen LogP contribution in [0.1, 0.15) is 25.5 Å². The van der Waals surface area contributed by atoms with E-state index in [1.165, 1.54) is 12.1 Å². The van der Waals surface area contributed by atoms with Crippen molar-refractivity contribution in [2.75, 3.05) is 26.8 Å². The van der Waals surface area contributed by atoms with E-state index in [0.717, 1.165) is 16.6 Å². The van der Waals surface area contributed by atoms with Crippen molar-refractivity contribution in [2.45, 2.75) is 25.9 Å². The second kappa shape index (κ2) is 7.94.